The van der Waals surface area contributed by atoms with Crippen LogP contribution in [0.25, 0.3) is 10.1 Å². The summed E-state index contributed by atoms with van der Waals surface area (Å²) in [6, 6.07) is 8.46. The molecule has 7 heteroatoms. The van der Waals surface area contributed by atoms with Crippen molar-refractivity contribution in [2.75, 3.05) is 44.2 Å². The summed E-state index contributed by atoms with van der Waals surface area (Å²) < 4.78 is 5.95. The molecule has 0 N–H and O–H groups in total. The number of rotatable bonds is 6. The Morgan fingerprint density at radius 1 is 0.906 bits per heavy atom. The van der Waals surface area contributed by atoms with Crippen LogP contribution in [0.4, 0.5) is 5.82 Å². The second kappa shape index (κ2) is 8.41. The van der Waals surface area contributed by atoms with E-state index in [2.05, 4.69) is 34.1 Å². The summed E-state index contributed by atoms with van der Waals surface area (Å²) in [4.78, 5) is 32.7. The number of amides is 2. The standard InChI is InChI=1S/C25H34N4O2S/c1-24-11-5-6-12-25(24,2)23(31)29(22(24)30)14-8-7-13-27-15-17-28(18-16-27)21-19-9-3-4-10-20(19)32-26-21/h3-4,9-10H,5-8,11-18H2,1-2H3/t24-,25+. The molecule has 3 fully saturated rings. The maximum atomic E-state index is 13.1. The van der Waals surface area contributed by atoms with Crippen molar-refractivity contribution in [2.45, 2.75) is 52.4 Å². The molecule has 1 aliphatic carbocycles. The Morgan fingerprint density at radius 3 is 2.22 bits per heavy atom. The van der Waals surface area contributed by atoms with Crippen molar-refractivity contribution < 1.29 is 9.59 Å². The quantitative estimate of drug-likeness (QED) is 0.485. The first-order chi connectivity index (χ1) is 15.4. The highest BCUT2D eigenvalue weighted by molar-refractivity contribution is 7.13. The van der Waals surface area contributed by atoms with Crippen molar-refractivity contribution in [1.29, 1.82) is 0 Å². The van der Waals surface area contributed by atoms with Gasteiger partial charge in [-0.2, -0.15) is 4.37 Å². The van der Waals surface area contributed by atoms with Crippen molar-refractivity contribution in [2.24, 2.45) is 10.8 Å². The van der Waals surface area contributed by atoms with Crippen LogP contribution < -0.4 is 4.90 Å². The normalized spacial score (nSPS) is 29.2. The van der Waals surface area contributed by atoms with E-state index in [0.29, 0.717) is 6.54 Å². The average Bonchev–Trinajstić information content (AvgIpc) is 3.30. The van der Waals surface area contributed by atoms with Gasteiger partial charge in [-0.3, -0.25) is 19.4 Å². The van der Waals surface area contributed by atoms with Gasteiger partial charge in [0.05, 0.1) is 15.5 Å². The molecule has 6 nitrogen and oxygen atoms in total. The fourth-order valence-corrected chi connectivity index (χ4v) is 6.77. The van der Waals surface area contributed by atoms with Gasteiger partial charge in [-0.15, -0.1) is 0 Å². The molecule has 3 aliphatic rings. The minimum Gasteiger partial charge on any atom is -0.353 e. The average molecular weight is 455 g/mol. The molecule has 3 heterocycles. The third-order valence-corrected chi connectivity index (χ3v) is 9.21. The molecule has 32 heavy (non-hydrogen) atoms. The number of nitrogens with zero attached hydrogens (tertiary/aromatic N) is 4. The van der Waals surface area contributed by atoms with Crippen LogP contribution in [-0.4, -0.2) is 65.3 Å². The molecule has 0 unspecified atom stereocenters. The lowest BCUT2D eigenvalue weighted by atomic mass is 9.59. The Morgan fingerprint density at radius 2 is 1.53 bits per heavy atom. The van der Waals surface area contributed by atoms with Gasteiger partial charge in [-0.1, -0.05) is 25.0 Å². The van der Waals surface area contributed by atoms with Gasteiger partial charge >= 0.3 is 0 Å². The monoisotopic (exact) mass is 454 g/mol. The van der Waals surface area contributed by atoms with Crippen LogP contribution in [-0.2, 0) is 9.59 Å². The van der Waals surface area contributed by atoms with Crippen LogP contribution in [0.5, 0.6) is 0 Å². The number of imide groups is 1. The highest BCUT2D eigenvalue weighted by Crippen LogP contribution is 2.56. The topological polar surface area (TPSA) is 56.8 Å². The van der Waals surface area contributed by atoms with Crippen LogP contribution in [0.15, 0.2) is 24.3 Å². The Hall–Kier alpha value is -1.99. The number of likely N-dealkylation sites (tertiary alicyclic amines) is 1. The first-order valence-corrected chi connectivity index (χ1v) is 12.9. The van der Waals surface area contributed by atoms with Crippen LogP contribution >= 0.6 is 11.5 Å². The summed E-state index contributed by atoms with van der Waals surface area (Å²) in [5, 5.41) is 1.26. The summed E-state index contributed by atoms with van der Waals surface area (Å²) in [6.45, 7) is 9.70. The van der Waals surface area contributed by atoms with Gasteiger partial charge in [0.15, 0.2) is 0 Å². The maximum Gasteiger partial charge on any atom is 0.236 e. The predicted molar refractivity (Wildman–Crippen MR) is 129 cm³/mol. The zero-order valence-corrected chi connectivity index (χ0v) is 20.1. The van der Waals surface area contributed by atoms with Crippen LogP contribution in [0.2, 0.25) is 0 Å². The number of carbonyl (C=O) groups is 2. The lowest BCUT2D eigenvalue weighted by Crippen LogP contribution is -2.46. The second-order valence-corrected chi connectivity index (χ2v) is 11.0. The Bertz CT molecular complexity index is 984. The number of benzene rings is 1. The SMILES string of the molecule is C[C@@]12CCCC[C@]1(C)C(=O)N(CCCCN1CCN(c3nsc4ccccc34)CC1)C2=O. The third-order valence-electron chi connectivity index (χ3n) is 8.39. The lowest BCUT2D eigenvalue weighted by molar-refractivity contribution is -0.141. The van der Waals surface area contributed by atoms with E-state index in [-0.39, 0.29) is 11.8 Å². The van der Waals surface area contributed by atoms with Gasteiger partial charge in [0, 0.05) is 38.1 Å². The second-order valence-electron chi connectivity index (χ2n) is 10.2. The molecule has 2 amide bonds. The molecule has 172 valence electrons. The van der Waals surface area contributed by atoms with Crippen molar-refractivity contribution in [3.63, 3.8) is 0 Å². The molecule has 5 rings (SSSR count). The molecule has 1 aromatic carbocycles. The Labute approximate surface area is 194 Å². The van der Waals surface area contributed by atoms with Gasteiger partial charge < -0.3 is 4.90 Å². The first-order valence-electron chi connectivity index (χ1n) is 12.1. The maximum absolute atomic E-state index is 13.1. The largest absolute Gasteiger partial charge is 0.353 e. The lowest BCUT2D eigenvalue weighted by Gasteiger charge is -2.40. The molecule has 2 aromatic rings. The van der Waals surface area contributed by atoms with Crippen molar-refractivity contribution >= 4 is 39.3 Å². The van der Waals surface area contributed by atoms with E-state index < -0.39 is 10.8 Å². The fourth-order valence-electron chi connectivity index (χ4n) is 5.98. The number of hydrogen-bond acceptors (Lipinski definition) is 6. The van der Waals surface area contributed by atoms with Crippen molar-refractivity contribution in [1.82, 2.24) is 14.2 Å². The highest BCUT2D eigenvalue weighted by Gasteiger charge is 2.64. The molecule has 1 aromatic heterocycles. The Kier molecular flexibility index (Phi) is 5.74. The van der Waals surface area contributed by atoms with Gasteiger partial charge in [0.25, 0.3) is 0 Å². The number of carbonyl (C=O) groups excluding carboxylic acids is 2. The summed E-state index contributed by atoms with van der Waals surface area (Å²) in [6.07, 6.45) is 5.72. The fraction of sp³-hybridized carbons (Fsp3) is 0.640. The molecule has 2 saturated heterocycles. The first kappa shape index (κ1) is 21.8. The van der Waals surface area contributed by atoms with E-state index in [1.54, 1.807) is 16.4 Å². The number of aromatic nitrogens is 1. The number of fused-ring (bicyclic) bond motifs is 2. The molecular formula is C25H34N4O2S. The summed E-state index contributed by atoms with van der Waals surface area (Å²) >= 11 is 1.58. The van der Waals surface area contributed by atoms with E-state index in [1.807, 2.05) is 13.8 Å². The molecule has 0 spiro atoms. The van der Waals surface area contributed by atoms with E-state index in [1.165, 1.54) is 10.1 Å². The van der Waals surface area contributed by atoms with Crippen molar-refractivity contribution in [3.05, 3.63) is 24.3 Å². The zero-order valence-electron chi connectivity index (χ0n) is 19.3. The Balaban J connectivity index is 1.10. The van der Waals surface area contributed by atoms with E-state index in [0.717, 1.165) is 77.1 Å². The summed E-state index contributed by atoms with van der Waals surface area (Å²) in [5.41, 5.74) is -0.975. The van der Waals surface area contributed by atoms with Crippen LogP contribution in [0.3, 0.4) is 0 Å². The van der Waals surface area contributed by atoms with Crippen molar-refractivity contribution in [3.8, 4) is 0 Å². The van der Waals surface area contributed by atoms with Gasteiger partial charge in [-0.25, -0.2) is 0 Å². The van der Waals surface area contributed by atoms with Crippen LogP contribution in [0, 0.1) is 10.8 Å². The van der Waals surface area contributed by atoms with Gasteiger partial charge in [-0.05, 0) is 69.7 Å². The molecule has 0 bridgehead atoms. The number of piperazine rings is 1. The summed E-state index contributed by atoms with van der Waals surface area (Å²) in [7, 11) is 0. The van der Waals surface area contributed by atoms with Gasteiger partial charge in [0.1, 0.15) is 5.82 Å². The summed E-state index contributed by atoms with van der Waals surface area (Å²) in [5.74, 6) is 1.28. The highest BCUT2D eigenvalue weighted by atomic mass is 32.1. The molecule has 1 saturated carbocycles. The number of hydrogen-bond donors (Lipinski definition) is 0. The molecule has 2 aliphatic heterocycles. The minimum atomic E-state index is -0.488. The smallest absolute Gasteiger partial charge is 0.236 e. The van der Waals surface area contributed by atoms with E-state index in [9.17, 15) is 9.59 Å². The third kappa shape index (κ3) is 3.45. The molecular weight excluding hydrogens is 420 g/mol. The van der Waals surface area contributed by atoms with Crippen LogP contribution in [0.1, 0.15) is 52.4 Å². The van der Waals surface area contributed by atoms with E-state index in [4.69, 9.17) is 4.37 Å². The minimum absolute atomic E-state index is 0.0776. The number of unbranched alkanes of at least 4 members (excludes halogenated alkanes) is 1. The molecule has 2 atom stereocenters. The molecule has 0 radical (unpaired) electrons. The van der Waals surface area contributed by atoms with E-state index >= 15 is 0 Å². The van der Waals surface area contributed by atoms with Gasteiger partial charge in [0.2, 0.25) is 11.8 Å². The number of anilines is 1. The predicted octanol–water partition coefficient (Wildman–Crippen LogP) is 4.15. The zero-order chi connectivity index (χ0) is 22.3.